The molecule has 1 aromatic rings. The topological polar surface area (TPSA) is 120 Å². The predicted octanol–water partition coefficient (Wildman–Crippen LogP) is 0.994. The Bertz CT molecular complexity index is 316. The first-order chi connectivity index (χ1) is 8.65. The van der Waals surface area contributed by atoms with Crippen LogP contribution in [0.25, 0.3) is 0 Å². The van der Waals surface area contributed by atoms with Crippen molar-refractivity contribution in [2.24, 2.45) is 0 Å². The van der Waals surface area contributed by atoms with Crippen LogP contribution in [0, 0.1) is 0 Å². The molecule has 0 aliphatic heterocycles. The molecule has 7 nitrogen and oxygen atoms in total. The van der Waals surface area contributed by atoms with E-state index in [1.165, 1.54) is 32.8 Å². The second-order valence-electron chi connectivity index (χ2n) is 3.70. The van der Waals surface area contributed by atoms with Crippen molar-refractivity contribution in [3.63, 3.8) is 0 Å². The summed E-state index contributed by atoms with van der Waals surface area (Å²) in [4.78, 5) is 3.60. The van der Waals surface area contributed by atoms with E-state index < -0.39 is 0 Å². The second kappa shape index (κ2) is 10.5. The molecule has 1 rings (SSSR count). The lowest BCUT2D eigenvalue weighted by Crippen LogP contribution is -2.04. The molecule has 0 aliphatic rings. The van der Waals surface area contributed by atoms with E-state index in [2.05, 4.69) is 26.8 Å². The van der Waals surface area contributed by atoms with Crippen LogP contribution in [0.15, 0.2) is 0 Å². The molecule has 7 heteroatoms. The summed E-state index contributed by atoms with van der Waals surface area (Å²) in [7, 11) is 1.43. The lowest BCUT2D eigenvalue weighted by atomic mass is 10.2. The zero-order chi connectivity index (χ0) is 13.8. The Labute approximate surface area is 108 Å². The minimum Gasteiger partial charge on any atom is -0.477 e. The fraction of sp³-hybridized carbons (Fsp3) is 0.727. The molecule has 0 atom stereocenters. The highest BCUT2D eigenvalue weighted by Gasteiger charge is 2.01. The lowest BCUT2D eigenvalue weighted by molar-refractivity contribution is 0.282. The summed E-state index contributed by atoms with van der Waals surface area (Å²) < 4.78 is 4.68. The summed E-state index contributed by atoms with van der Waals surface area (Å²) in [5.41, 5.74) is 10.5. The van der Waals surface area contributed by atoms with Gasteiger partial charge in [0.05, 0.1) is 7.11 Å². The Kier molecular flexibility index (Phi) is 9.57. The number of hydrogen-bond acceptors (Lipinski definition) is 7. The molecule has 0 amide bonds. The SMILES string of the molecule is CCCCCCCO.COc1nnc(N)nc1N. The molecule has 5 N–H and O–H groups in total. The molecule has 0 saturated carbocycles. The van der Waals surface area contributed by atoms with Gasteiger partial charge >= 0.3 is 0 Å². The molecule has 0 fully saturated rings. The smallest absolute Gasteiger partial charge is 0.276 e. The van der Waals surface area contributed by atoms with Gasteiger partial charge in [0.1, 0.15) is 0 Å². The molecule has 1 heterocycles. The number of aromatic nitrogens is 3. The molecule has 18 heavy (non-hydrogen) atoms. The summed E-state index contributed by atoms with van der Waals surface area (Å²) in [5, 5.41) is 15.3. The zero-order valence-electron chi connectivity index (χ0n) is 11.1. The highest BCUT2D eigenvalue weighted by molar-refractivity contribution is 5.41. The van der Waals surface area contributed by atoms with E-state index in [4.69, 9.17) is 16.6 Å². The van der Waals surface area contributed by atoms with Crippen LogP contribution in [0.3, 0.4) is 0 Å². The van der Waals surface area contributed by atoms with E-state index in [1.807, 2.05) is 0 Å². The van der Waals surface area contributed by atoms with Crippen LogP contribution >= 0.6 is 0 Å². The van der Waals surface area contributed by atoms with Gasteiger partial charge in [0.2, 0.25) is 5.95 Å². The third-order valence-electron chi connectivity index (χ3n) is 2.15. The number of aliphatic hydroxyl groups excluding tert-OH is 1. The fourth-order valence-electron chi connectivity index (χ4n) is 1.20. The van der Waals surface area contributed by atoms with Crippen molar-refractivity contribution in [3.8, 4) is 5.88 Å². The minimum absolute atomic E-state index is 0.0401. The second-order valence-corrected chi connectivity index (χ2v) is 3.70. The summed E-state index contributed by atoms with van der Waals surface area (Å²) in [6.45, 7) is 2.56. The van der Waals surface area contributed by atoms with Gasteiger partial charge in [0.25, 0.3) is 5.88 Å². The summed E-state index contributed by atoms with van der Waals surface area (Å²) in [6, 6.07) is 0. The van der Waals surface area contributed by atoms with E-state index >= 15 is 0 Å². The molecule has 0 unspecified atom stereocenters. The van der Waals surface area contributed by atoms with Crippen LogP contribution in [-0.2, 0) is 0 Å². The highest BCUT2D eigenvalue weighted by Crippen LogP contribution is 2.11. The average molecular weight is 257 g/mol. The molecule has 0 saturated heterocycles. The van der Waals surface area contributed by atoms with E-state index in [0.717, 1.165) is 6.42 Å². The van der Waals surface area contributed by atoms with Crippen LogP contribution in [-0.4, -0.2) is 34.0 Å². The molecular formula is C11H23N5O2. The third kappa shape index (κ3) is 7.61. The van der Waals surface area contributed by atoms with Crippen molar-refractivity contribution in [3.05, 3.63) is 0 Å². The van der Waals surface area contributed by atoms with Gasteiger partial charge in [-0.2, -0.15) is 4.98 Å². The van der Waals surface area contributed by atoms with Gasteiger partial charge in [-0.15, -0.1) is 10.2 Å². The monoisotopic (exact) mass is 257 g/mol. The Morgan fingerprint density at radius 1 is 1.11 bits per heavy atom. The van der Waals surface area contributed by atoms with Gasteiger partial charge in [0, 0.05) is 6.61 Å². The van der Waals surface area contributed by atoms with Gasteiger partial charge in [-0.1, -0.05) is 32.6 Å². The number of methoxy groups -OCH3 is 1. The van der Waals surface area contributed by atoms with Gasteiger partial charge in [-0.05, 0) is 6.42 Å². The molecule has 0 aromatic carbocycles. The Balaban J connectivity index is 0.000000331. The Morgan fingerprint density at radius 3 is 2.28 bits per heavy atom. The highest BCUT2D eigenvalue weighted by atomic mass is 16.5. The number of aliphatic hydroxyl groups is 1. The van der Waals surface area contributed by atoms with E-state index in [1.54, 1.807) is 0 Å². The maximum Gasteiger partial charge on any atom is 0.276 e. The normalized spacial score (nSPS) is 9.50. The standard InChI is InChI=1S/C7H16O.C4H7N5O/c1-2-3-4-5-6-7-8;1-10-3-2(5)7-4(6)9-8-3/h8H,2-7H2,1H3;1H3,(H4,5,6,7,9). The Hall–Kier alpha value is -1.63. The molecular weight excluding hydrogens is 234 g/mol. The molecule has 0 spiro atoms. The molecule has 1 aromatic heterocycles. The number of nitrogens with two attached hydrogens (primary N) is 2. The van der Waals surface area contributed by atoms with Gasteiger partial charge < -0.3 is 21.3 Å². The van der Waals surface area contributed by atoms with E-state index in [-0.39, 0.29) is 17.6 Å². The first-order valence-corrected chi connectivity index (χ1v) is 6.06. The first-order valence-electron chi connectivity index (χ1n) is 6.06. The van der Waals surface area contributed by atoms with Crippen molar-refractivity contribution in [1.82, 2.24) is 15.2 Å². The summed E-state index contributed by atoms with van der Waals surface area (Å²) >= 11 is 0. The van der Waals surface area contributed by atoms with Crippen LogP contribution in [0.4, 0.5) is 11.8 Å². The molecule has 0 bridgehead atoms. The van der Waals surface area contributed by atoms with Crippen molar-refractivity contribution in [2.45, 2.75) is 39.0 Å². The maximum absolute atomic E-state index is 8.37. The maximum atomic E-state index is 8.37. The Morgan fingerprint density at radius 2 is 1.78 bits per heavy atom. The first kappa shape index (κ1) is 16.4. The number of nitrogens with zero attached hydrogens (tertiary/aromatic N) is 3. The van der Waals surface area contributed by atoms with Gasteiger partial charge in [0.15, 0.2) is 5.82 Å². The number of nitrogen functional groups attached to an aromatic ring is 2. The molecule has 104 valence electrons. The van der Waals surface area contributed by atoms with Gasteiger partial charge in [-0.3, -0.25) is 0 Å². The van der Waals surface area contributed by atoms with Gasteiger partial charge in [-0.25, -0.2) is 0 Å². The third-order valence-corrected chi connectivity index (χ3v) is 2.15. The van der Waals surface area contributed by atoms with Crippen molar-refractivity contribution < 1.29 is 9.84 Å². The lowest BCUT2D eigenvalue weighted by Gasteiger charge is -1.99. The van der Waals surface area contributed by atoms with Crippen molar-refractivity contribution in [1.29, 1.82) is 0 Å². The van der Waals surface area contributed by atoms with E-state index in [9.17, 15) is 0 Å². The number of unbranched alkanes of at least 4 members (excludes halogenated alkanes) is 4. The van der Waals surface area contributed by atoms with E-state index in [0.29, 0.717) is 6.61 Å². The van der Waals surface area contributed by atoms with Crippen LogP contribution in [0.2, 0.25) is 0 Å². The number of anilines is 2. The zero-order valence-corrected chi connectivity index (χ0v) is 11.1. The fourth-order valence-corrected chi connectivity index (χ4v) is 1.20. The van der Waals surface area contributed by atoms with Crippen LogP contribution in [0.5, 0.6) is 5.88 Å². The number of hydrogen-bond donors (Lipinski definition) is 3. The molecule has 0 radical (unpaired) electrons. The molecule has 0 aliphatic carbocycles. The minimum atomic E-state index is 0.0401. The van der Waals surface area contributed by atoms with Crippen molar-refractivity contribution >= 4 is 11.8 Å². The quantitative estimate of drug-likeness (QED) is 0.650. The summed E-state index contributed by atoms with van der Waals surface area (Å²) in [6.07, 6.45) is 6.08. The number of ether oxygens (including phenoxy) is 1. The van der Waals surface area contributed by atoms with Crippen LogP contribution in [0.1, 0.15) is 39.0 Å². The predicted molar refractivity (Wildman–Crippen MR) is 71.0 cm³/mol. The van der Waals surface area contributed by atoms with Crippen molar-refractivity contribution in [2.75, 3.05) is 25.2 Å². The largest absolute Gasteiger partial charge is 0.477 e. The average Bonchev–Trinajstić information content (AvgIpc) is 2.36. The van der Waals surface area contributed by atoms with Crippen LogP contribution < -0.4 is 16.2 Å². The number of rotatable bonds is 6. The summed E-state index contributed by atoms with van der Waals surface area (Å²) in [5.74, 6) is 0.377.